The fourth-order valence-corrected chi connectivity index (χ4v) is 2.83. The summed E-state index contributed by atoms with van der Waals surface area (Å²) in [4.78, 5) is 13.6. The van der Waals surface area contributed by atoms with Crippen molar-refractivity contribution >= 4 is 5.97 Å². The average molecular weight is 296 g/mol. The number of methoxy groups -OCH3 is 1. The zero-order valence-electron chi connectivity index (χ0n) is 12.2. The van der Waals surface area contributed by atoms with E-state index in [0.29, 0.717) is 25.8 Å². The highest BCUT2D eigenvalue weighted by Crippen LogP contribution is 2.34. The molecule has 0 aromatic carbocycles. The van der Waals surface area contributed by atoms with Crippen LogP contribution in [-0.4, -0.2) is 55.9 Å². The van der Waals surface area contributed by atoms with Crippen LogP contribution in [-0.2, 0) is 9.53 Å². The largest absolute Gasteiger partial charge is 0.468 e. The highest BCUT2D eigenvalue weighted by molar-refractivity contribution is 5.81. The van der Waals surface area contributed by atoms with Crippen LogP contribution in [0.25, 0.3) is 0 Å². The molecule has 0 amide bonds. The van der Waals surface area contributed by atoms with Crippen LogP contribution in [0.3, 0.4) is 0 Å². The molecule has 1 rings (SSSR count). The summed E-state index contributed by atoms with van der Waals surface area (Å²) in [5, 5.41) is 3.14. The van der Waals surface area contributed by atoms with Crippen molar-refractivity contribution in [2.75, 3.05) is 27.2 Å². The van der Waals surface area contributed by atoms with E-state index in [1.165, 1.54) is 7.11 Å². The minimum Gasteiger partial charge on any atom is -0.468 e. The van der Waals surface area contributed by atoms with Crippen LogP contribution in [0.1, 0.15) is 32.6 Å². The van der Waals surface area contributed by atoms with Crippen molar-refractivity contribution in [1.82, 2.24) is 10.2 Å². The molecule has 1 aliphatic carbocycles. The van der Waals surface area contributed by atoms with Crippen molar-refractivity contribution in [2.45, 2.75) is 50.4 Å². The molecule has 4 nitrogen and oxygen atoms in total. The maximum atomic E-state index is 12.2. The maximum Gasteiger partial charge on any atom is 0.390 e. The number of hydrogen-bond donors (Lipinski definition) is 1. The minimum absolute atomic E-state index is 0.0319. The van der Waals surface area contributed by atoms with E-state index < -0.39 is 18.1 Å². The Balaban J connectivity index is 2.61. The van der Waals surface area contributed by atoms with Gasteiger partial charge in [-0.05, 0) is 32.9 Å². The van der Waals surface area contributed by atoms with Crippen LogP contribution in [0.2, 0.25) is 0 Å². The van der Waals surface area contributed by atoms with E-state index >= 15 is 0 Å². The quantitative estimate of drug-likeness (QED) is 0.761. The van der Waals surface area contributed by atoms with Gasteiger partial charge in [0, 0.05) is 12.6 Å². The van der Waals surface area contributed by atoms with Crippen molar-refractivity contribution in [3.63, 3.8) is 0 Å². The summed E-state index contributed by atoms with van der Waals surface area (Å²) in [5.41, 5.74) is -0.749. The van der Waals surface area contributed by atoms with Gasteiger partial charge in [-0.15, -0.1) is 0 Å². The number of ether oxygens (including phenoxy) is 1. The molecular formula is C13H23F3N2O2. The SMILES string of the molecule is CCNC1(C(=O)OC)CCC(N(C)CCC(F)(F)F)C1. The van der Waals surface area contributed by atoms with E-state index in [-0.39, 0.29) is 18.6 Å². The van der Waals surface area contributed by atoms with Gasteiger partial charge in [0.15, 0.2) is 0 Å². The number of hydrogen-bond acceptors (Lipinski definition) is 4. The van der Waals surface area contributed by atoms with Gasteiger partial charge >= 0.3 is 12.1 Å². The van der Waals surface area contributed by atoms with Gasteiger partial charge in [0.05, 0.1) is 13.5 Å². The summed E-state index contributed by atoms with van der Waals surface area (Å²) in [5.74, 6) is -0.328. The second-order valence-corrected chi connectivity index (χ2v) is 5.35. The molecule has 0 aromatic heterocycles. The smallest absolute Gasteiger partial charge is 0.390 e. The molecule has 0 aliphatic heterocycles. The summed E-state index contributed by atoms with van der Waals surface area (Å²) in [6.45, 7) is 2.47. The van der Waals surface area contributed by atoms with Gasteiger partial charge in [0.2, 0.25) is 0 Å². The first kappa shape index (κ1) is 17.2. The van der Waals surface area contributed by atoms with E-state index in [4.69, 9.17) is 4.74 Å². The van der Waals surface area contributed by atoms with Gasteiger partial charge in [0.1, 0.15) is 5.54 Å². The Bertz CT molecular complexity index is 336. The van der Waals surface area contributed by atoms with Gasteiger partial charge in [0.25, 0.3) is 0 Å². The summed E-state index contributed by atoms with van der Waals surface area (Å²) in [6, 6.07) is -0.0319. The Morgan fingerprint density at radius 2 is 2.15 bits per heavy atom. The average Bonchev–Trinajstić information content (AvgIpc) is 2.80. The number of nitrogens with one attached hydrogen (secondary N) is 1. The Morgan fingerprint density at radius 3 is 2.65 bits per heavy atom. The van der Waals surface area contributed by atoms with Crippen molar-refractivity contribution < 1.29 is 22.7 Å². The lowest BCUT2D eigenvalue weighted by Gasteiger charge is -2.29. The van der Waals surface area contributed by atoms with Crippen molar-refractivity contribution in [1.29, 1.82) is 0 Å². The number of likely N-dealkylation sites (N-methyl/N-ethyl adjacent to an activating group) is 1. The molecule has 20 heavy (non-hydrogen) atoms. The Labute approximate surface area is 117 Å². The van der Waals surface area contributed by atoms with Crippen LogP contribution in [0.4, 0.5) is 13.2 Å². The fraction of sp³-hybridized carbons (Fsp3) is 0.923. The molecule has 1 fully saturated rings. The summed E-state index contributed by atoms with van der Waals surface area (Å²) < 4.78 is 41.6. The third-order valence-corrected chi connectivity index (χ3v) is 3.95. The highest BCUT2D eigenvalue weighted by Gasteiger charge is 2.46. The van der Waals surface area contributed by atoms with Gasteiger partial charge < -0.3 is 15.0 Å². The molecule has 0 heterocycles. The molecule has 2 atom stereocenters. The third kappa shape index (κ3) is 4.34. The lowest BCUT2D eigenvalue weighted by molar-refractivity contribution is -0.149. The monoisotopic (exact) mass is 296 g/mol. The first-order valence-corrected chi connectivity index (χ1v) is 6.84. The third-order valence-electron chi connectivity index (χ3n) is 3.95. The predicted molar refractivity (Wildman–Crippen MR) is 69.4 cm³/mol. The summed E-state index contributed by atoms with van der Waals surface area (Å²) >= 11 is 0. The van der Waals surface area contributed by atoms with Crippen molar-refractivity contribution in [3.8, 4) is 0 Å². The molecule has 7 heteroatoms. The van der Waals surface area contributed by atoms with Crippen molar-refractivity contribution in [2.24, 2.45) is 0 Å². The zero-order chi connectivity index (χ0) is 15.4. The zero-order valence-corrected chi connectivity index (χ0v) is 12.2. The molecule has 0 saturated heterocycles. The number of alkyl halides is 3. The standard InChI is InChI=1S/C13H23F3N2O2/c1-4-17-12(11(19)20-3)6-5-10(9-12)18(2)8-7-13(14,15)16/h10,17H,4-9H2,1-3H3. The number of esters is 1. The fourth-order valence-electron chi connectivity index (χ4n) is 2.83. The van der Waals surface area contributed by atoms with Crippen LogP contribution >= 0.6 is 0 Å². The van der Waals surface area contributed by atoms with Gasteiger partial charge in [-0.3, -0.25) is 4.79 Å². The van der Waals surface area contributed by atoms with Crippen LogP contribution in [0.5, 0.6) is 0 Å². The minimum atomic E-state index is -4.14. The van der Waals surface area contributed by atoms with Crippen LogP contribution in [0.15, 0.2) is 0 Å². The van der Waals surface area contributed by atoms with E-state index in [1.807, 2.05) is 6.92 Å². The summed E-state index contributed by atoms with van der Waals surface area (Å²) in [6.07, 6.45) is -3.20. The van der Waals surface area contributed by atoms with E-state index in [2.05, 4.69) is 5.32 Å². The molecule has 1 N–H and O–H groups in total. The molecule has 1 aliphatic rings. The number of halogens is 3. The van der Waals surface area contributed by atoms with Crippen molar-refractivity contribution in [3.05, 3.63) is 0 Å². The number of nitrogens with zero attached hydrogens (tertiary/aromatic N) is 1. The normalized spacial score (nSPS) is 27.1. The van der Waals surface area contributed by atoms with E-state index in [9.17, 15) is 18.0 Å². The Hall–Kier alpha value is -0.820. The van der Waals surface area contributed by atoms with Crippen LogP contribution in [0, 0.1) is 0 Å². The second kappa shape index (κ2) is 6.76. The highest BCUT2D eigenvalue weighted by atomic mass is 19.4. The molecule has 118 valence electrons. The lowest BCUT2D eigenvalue weighted by atomic mass is 9.97. The molecule has 0 aromatic rings. The van der Waals surface area contributed by atoms with E-state index in [0.717, 1.165) is 0 Å². The summed E-state index contributed by atoms with van der Waals surface area (Å²) in [7, 11) is 3.01. The first-order chi connectivity index (χ1) is 9.24. The molecule has 0 bridgehead atoms. The Morgan fingerprint density at radius 1 is 1.50 bits per heavy atom. The Kier molecular flexibility index (Phi) is 5.82. The second-order valence-electron chi connectivity index (χ2n) is 5.35. The molecule has 1 saturated carbocycles. The van der Waals surface area contributed by atoms with Gasteiger partial charge in [-0.25, -0.2) is 0 Å². The first-order valence-electron chi connectivity index (χ1n) is 6.84. The van der Waals surface area contributed by atoms with Crippen LogP contribution < -0.4 is 5.32 Å². The molecule has 0 radical (unpaired) electrons. The number of carbonyl (C=O) groups excluding carboxylic acids is 1. The lowest BCUT2D eigenvalue weighted by Crippen LogP contribution is -2.51. The van der Waals surface area contributed by atoms with E-state index in [1.54, 1.807) is 11.9 Å². The molecule has 0 spiro atoms. The van der Waals surface area contributed by atoms with Gasteiger partial charge in [-0.1, -0.05) is 6.92 Å². The number of rotatable bonds is 6. The molecular weight excluding hydrogens is 273 g/mol. The molecule has 2 unspecified atom stereocenters. The number of carbonyl (C=O) groups is 1. The topological polar surface area (TPSA) is 41.6 Å². The predicted octanol–water partition coefficient (Wildman–Crippen LogP) is 1.94. The van der Waals surface area contributed by atoms with Gasteiger partial charge in [-0.2, -0.15) is 13.2 Å². The maximum absolute atomic E-state index is 12.2.